The highest BCUT2D eigenvalue weighted by Crippen LogP contribution is 2.43. The number of fused-ring (bicyclic) bond motifs is 2. The number of allylic oxidation sites excluding steroid dienone is 2. The Bertz CT molecular complexity index is 2100. The predicted octanol–water partition coefficient (Wildman–Crippen LogP) is 5.63. The minimum Gasteiger partial charge on any atom is -0.463 e. The third-order valence-electron chi connectivity index (χ3n) is 9.20. The van der Waals surface area contributed by atoms with Gasteiger partial charge in [-0.1, -0.05) is 66.7 Å². The van der Waals surface area contributed by atoms with E-state index in [2.05, 4.69) is 0 Å². The van der Waals surface area contributed by atoms with Gasteiger partial charge >= 0.3 is 11.9 Å². The minimum atomic E-state index is -0.752. The smallest absolute Gasteiger partial charge is 0.338 e. The van der Waals surface area contributed by atoms with Crippen LogP contribution in [0.1, 0.15) is 64.8 Å². The number of nitrogens with zero attached hydrogens (tertiary/aromatic N) is 8. The Balaban J connectivity index is 1.35. The van der Waals surface area contributed by atoms with Crippen LogP contribution in [0.25, 0.3) is 0 Å². The number of ether oxygens (including phenoxy) is 2. The second kappa shape index (κ2) is 14.4. The molecule has 4 aliphatic heterocycles. The molecule has 4 heterocycles. The second-order valence-electron chi connectivity index (χ2n) is 12.7. The summed E-state index contributed by atoms with van der Waals surface area (Å²) in [5.74, 6) is -0.953. The number of hydrogen-bond donors (Lipinski definition) is 0. The molecule has 3 aromatic carbocycles. The third-order valence-corrected chi connectivity index (χ3v) is 9.20. The van der Waals surface area contributed by atoms with Gasteiger partial charge in [-0.25, -0.2) is 19.6 Å². The zero-order valence-electron chi connectivity index (χ0n) is 30.7. The molecule has 7 rings (SSSR count). The van der Waals surface area contributed by atoms with E-state index in [0.717, 1.165) is 11.1 Å². The summed E-state index contributed by atoms with van der Waals surface area (Å²) in [5.41, 5.74) is 3.96. The number of ketones is 2. The lowest BCUT2D eigenvalue weighted by Crippen LogP contribution is -2.46. The standard InChI is InChI=1S/C40H38N8O6/c1-7-53-37(51)31-23(3)41-39-45(33(31)27-16-11-9-12-17-27)35(25(5)49)43-47(39)29-20-15-21-30(22-29)48-40-42-24(4)32(38(52)54-8-2)34(28-18-13-10-14-19-28)46(40)36(44-48)26(6)50/h9-22,33-34H,7-8H2,1-6H3. The van der Waals surface area contributed by atoms with Crippen LogP contribution in [-0.2, 0) is 28.7 Å². The van der Waals surface area contributed by atoms with E-state index < -0.39 is 24.0 Å². The second-order valence-corrected chi connectivity index (χ2v) is 12.7. The van der Waals surface area contributed by atoms with E-state index in [9.17, 15) is 19.2 Å². The van der Waals surface area contributed by atoms with Gasteiger partial charge in [0.25, 0.3) is 0 Å². The Hall–Kier alpha value is -6.70. The monoisotopic (exact) mass is 726 g/mol. The van der Waals surface area contributed by atoms with Crippen molar-refractivity contribution < 1.29 is 28.7 Å². The first kappa shape index (κ1) is 35.7. The van der Waals surface area contributed by atoms with Gasteiger partial charge in [-0.05, 0) is 57.0 Å². The summed E-state index contributed by atoms with van der Waals surface area (Å²) in [5, 5.41) is 12.6. The highest BCUT2D eigenvalue weighted by atomic mass is 16.5. The van der Waals surface area contributed by atoms with Crippen LogP contribution in [0.4, 0.5) is 11.4 Å². The quantitative estimate of drug-likeness (QED) is 0.241. The molecule has 2 unspecified atom stereocenters. The lowest BCUT2D eigenvalue weighted by Gasteiger charge is -2.36. The maximum absolute atomic E-state index is 13.4. The van der Waals surface area contributed by atoms with E-state index in [-0.39, 0.29) is 36.5 Å². The summed E-state index contributed by atoms with van der Waals surface area (Å²) in [4.78, 5) is 66.3. The highest BCUT2D eigenvalue weighted by Gasteiger charge is 2.48. The average Bonchev–Trinajstić information content (AvgIpc) is 3.74. The Morgan fingerprint density at radius 1 is 0.593 bits per heavy atom. The third kappa shape index (κ3) is 6.04. The summed E-state index contributed by atoms with van der Waals surface area (Å²) in [6.45, 7) is 10.1. The van der Waals surface area contributed by atoms with E-state index in [1.165, 1.54) is 13.8 Å². The molecule has 274 valence electrons. The normalized spacial score (nSPS) is 19.1. The van der Waals surface area contributed by atoms with E-state index >= 15 is 0 Å². The Kier molecular flexibility index (Phi) is 9.50. The first-order valence-electron chi connectivity index (χ1n) is 17.6. The van der Waals surface area contributed by atoms with Crippen molar-refractivity contribution >= 4 is 58.5 Å². The Labute approximate surface area is 312 Å². The summed E-state index contributed by atoms with van der Waals surface area (Å²) < 4.78 is 10.9. The summed E-state index contributed by atoms with van der Waals surface area (Å²) in [7, 11) is 0. The molecule has 0 spiro atoms. The molecule has 14 nitrogen and oxygen atoms in total. The molecule has 4 aliphatic rings. The molecule has 0 amide bonds. The van der Waals surface area contributed by atoms with Crippen LogP contribution < -0.4 is 10.0 Å². The largest absolute Gasteiger partial charge is 0.463 e. The van der Waals surface area contributed by atoms with Crippen molar-refractivity contribution in [1.82, 2.24) is 9.80 Å². The van der Waals surface area contributed by atoms with Gasteiger partial charge in [0.05, 0.1) is 59.2 Å². The van der Waals surface area contributed by atoms with Gasteiger partial charge in [0.15, 0.2) is 23.2 Å². The molecule has 14 heteroatoms. The Morgan fingerprint density at radius 3 is 1.33 bits per heavy atom. The van der Waals surface area contributed by atoms with Gasteiger partial charge in [-0.3, -0.25) is 19.4 Å². The number of aliphatic imine (C=N–C) groups is 2. The summed E-state index contributed by atoms with van der Waals surface area (Å²) in [6, 6.07) is 24.4. The van der Waals surface area contributed by atoms with E-state index in [1.54, 1.807) is 71.8 Å². The first-order chi connectivity index (χ1) is 26.0. The molecule has 0 aliphatic carbocycles. The Morgan fingerprint density at radius 2 is 0.981 bits per heavy atom. The van der Waals surface area contributed by atoms with Crippen molar-refractivity contribution in [3.63, 3.8) is 0 Å². The zero-order valence-corrected chi connectivity index (χ0v) is 30.7. The fourth-order valence-corrected chi connectivity index (χ4v) is 6.94. The van der Waals surface area contributed by atoms with Crippen LogP contribution in [0, 0.1) is 0 Å². The van der Waals surface area contributed by atoms with Crippen LogP contribution in [-0.4, -0.2) is 70.1 Å². The van der Waals surface area contributed by atoms with Crippen molar-refractivity contribution in [3.05, 3.63) is 119 Å². The average molecular weight is 727 g/mol. The van der Waals surface area contributed by atoms with E-state index in [1.807, 2.05) is 60.7 Å². The van der Waals surface area contributed by atoms with Crippen molar-refractivity contribution in [2.75, 3.05) is 23.2 Å². The number of Topliss-reactive ketones (excluding diaryl/α,β-unsaturated/α-hetero) is 2. The van der Waals surface area contributed by atoms with Gasteiger partial charge in [0.1, 0.15) is 0 Å². The molecule has 0 N–H and O–H groups in total. The molecular weight excluding hydrogens is 688 g/mol. The van der Waals surface area contributed by atoms with Gasteiger partial charge in [-0.2, -0.15) is 10.0 Å². The number of benzene rings is 3. The maximum atomic E-state index is 13.4. The minimum absolute atomic E-state index is 0.0844. The predicted molar refractivity (Wildman–Crippen MR) is 203 cm³/mol. The van der Waals surface area contributed by atoms with Crippen molar-refractivity contribution in [1.29, 1.82) is 0 Å². The molecule has 0 saturated heterocycles. The highest BCUT2D eigenvalue weighted by molar-refractivity contribution is 6.44. The first-order valence-corrected chi connectivity index (χ1v) is 17.6. The molecule has 0 radical (unpaired) electrons. The number of esters is 2. The summed E-state index contributed by atoms with van der Waals surface area (Å²) in [6.07, 6.45) is 0. The van der Waals surface area contributed by atoms with Crippen LogP contribution in [0.15, 0.2) is 128 Å². The number of hydrazone groups is 2. The number of carbonyl (C=O) groups is 4. The van der Waals surface area contributed by atoms with E-state index in [0.29, 0.717) is 45.8 Å². The molecule has 2 atom stereocenters. The number of rotatable bonds is 10. The molecule has 3 aromatic rings. The van der Waals surface area contributed by atoms with Gasteiger partial charge < -0.3 is 9.47 Å². The van der Waals surface area contributed by atoms with Crippen molar-refractivity contribution in [3.8, 4) is 0 Å². The number of hydrogen-bond acceptors (Lipinski definition) is 14. The van der Waals surface area contributed by atoms with E-state index in [4.69, 9.17) is 29.7 Å². The van der Waals surface area contributed by atoms with Crippen molar-refractivity contribution in [2.45, 2.75) is 53.6 Å². The number of guanidine groups is 2. The van der Waals surface area contributed by atoms with Crippen LogP contribution >= 0.6 is 0 Å². The van der Waals surface area contributed by atoms with Gasteiger partial charge in [-0.15, -0.1) is 10.2 Å². The SMILES string of the molecule is CCOC(=O)C1=C(C)N=C2N(c3cccc(N4N=C(C(C)=O)N5C4=NC(C)=C(C(=O)OCC)C5c4ccccc4)c3)N=C(C(C)=O)N2C1c1ccccc1. The number of amidine groups is 2. The van der Waals surface area contributed by atoms with Crippen LogP contribution in [0.2, 0.25) is 0 Å². The van der Waals surface area contributed by atoms with Gasteiger partial charge in [0.2, 0.25) is 11.9 Å². The lowest BCUT2D eigenvalue weighted by molar-refractivity contribution is -0.140. The lowest BCUT2D eigenvalue weighted by atomic mass is 9.94. The molecule has 0 fully saturated rings. The molecule has 0 bridgehead atoms. The molecule has 0 saturated carbocycles. The fraction of sp³-hybridized carbons (Fsp3) is 0.250. The number of carbonyl (C=O) groups excluding carboxylic acids is 4. The zero-order chi connectivity index (χ0) is 38.3. The molecule has 0 aromatic heterocycles. The fourth-order valence-electron chi connectivity index (χ4n) is 6.94. The molecular formula is C40H38N8O6. The topological polar surface area (TPSA) is 149 Å². The van der Waals surface area contributed by atoms with Crippen LogP contribution in [0.5, 0.6) is 0 Å². The van der Waals surface area contributed by atoms with Crippen LogP contribution in [0.3, 0.4) is 0 Å². The van der Waals surface area contributed by atoms with Crippen molar-refractivity contribution in [2.24, 2.45) is 20.2 Å². The molecule has 54 heavy (non-hydrogen) atoms. The maximum Gasteiger partial charge on any atom is 0.338 e. The number of anilines is 2. The van der Waals surface area contributed by atoms with Gasteiger partial charge in [0, 0.05) is 13.8 Å². The summed E-state index contributed by atoms with van der Waals surface area (Å²) >= 11 is 0.